The number of benzene rings is 1. The van der Waals surface area contributed by atoms with Crippen LogP contribution in [0.5, 0.6) is 0 Å². The molecule has 1 aromatic carbocycles. The van der Waals surface area contributed by atoms with Crippen LogP contribution in [0, 0.1) is 10.1 Å². The molecule has 0 aliphatic carbocycles. The molecule has 0 aliphatic heterocycles. The Balaban J connectivity index is 2.57. The molecule has 1 N–H and O–H groups in total. The van der Waals surface area contributed by atoms with Gasteiger partial charge in [-0.2, -0.15) is 13.2 Å². The molecule has 0 saturated heterocycles. The van der Waals surface area contributed by atoms with Crippen LogP contribution in [0.2, 0.25) is 5.02 Å². The van der Waals surface area contributed by atoms with Gasteiger partial charge in [0.1, 0.15) is 5.69 Å². The number of hydrogen-bond donors (Lipinski definition) is 1. The molecule has 0 unspecified atom stereocenters. The van der Waals surface area contributed by atoms with E-state index >= 15 is 0 Å². The fourth-order valence-electron chi connectivity index (χ4n) is 2.01. The highest BCUT2D eigenvalue weighted by Gasteiger charge is 2.35. The summed E-state index contributed by atoms with van der Waals surface area (Å²) in [5.41, 5.74) is -1.02. The minimum Gasteiger partial charge on any atom is -0.348 e. The number of nitrogens with zero attached hydrogens (tertiary/aromatic N) is 2. The highest BCUT2D eigenvalue weighted by Crippen LogP contribution is 2.41. The molecular weight excluding hydrogens is 335 g/mol. The van der Waals surface area contributed by atoms with Gasteiger partial charge >= 0.3 is 6.18 Å². The maximum atomic E-state index is 13.0. The van der Waals surface area contributed by atoms with Crippen molar-refractivity contribution in [3.8, 4) is 0 Å². The van der Waals surface area contributed by atoms with Crippen molar-refractivity contribution < 1.29 is 18.1 Å². The van der Waals surface area contributed by atoms with Crippen LogP contribution >= 0.6 is 11.6 Å². The maximum absolute atomic E-state index is 13.0. The van der Waals surface area contributed by atoms with Crippen molar-refractivity contribution in [2.75, 3.05) is 5.32 Å². The van der Waals surface area contributed by atoms with E-state index in [0.717, 1.165) is 0 Å². The van der Waals surface area contributed by atoms with E-state index in [1.165, 1.54) is 6.20 Å². The summed E-state index contributed by atoms with van der Waals surface area (Å²) in [5, 5.41) is 13.0. The van der Waals surface area contributed by atoms with E-state index in [-0.39, 0.29) is 5.69 Å². The molecule has 9 heteroatoms. The molecule has 2 aromatic rings. The van der Waals surface area contributed by atoms with Crippen LogP contribution in [0.15, 0.2) is 30.5 Å². The molecule has 2 rings (SSSR count). The number of nitro benzene ring substituents is 1. The number of pyridine rings is 1. The van der Waals surface area contributed by atoms with Crippen LogP contribution in [-0.2, 0) is 12.6 Å². The predicted octanol–water partition coefficient (Wildman–Crippen LogP) is 4.97. The first-order valence-electron chi connectivity index (χ1n) is 6.50. The summed E-state index contributed by atoms with van der Waals surface area (Å²) in [6.45, 7) is 1.81. The van der Waals surface area contributed by atoms with Crippen LogP contribution in [0.3, 0.4) is 0 Å². The Morgan fingerprint density at radius 2 is 2.04 bits per heavy atom. The van der Waals surface area contributed by atoms with Crippen LogP contribution in [0.25, 0.3) is 0 Å². The summed E-state index contributed by atoms with van der Waals surface area (Å²) < 4.78 is 38.9. The van der Waals surface area contributed by atoms with Crippen molar-refractivity contribution in [1.82, 2.24) is 4.98 Å². The number of nitro groups is 1. The largest absolute Gasteiger partial charge is 0.417 e. The van der Waals surface area contributed by atoms with Crippen molar-refractivity contribution in [3.05, 3.63) is 56.9 Å². The molecule has 0 amide bonds. The van der Waals surface area contributed by atoms with Crippen LogP contribution < -0.4 is 5.32 Å². The second kappa shape index (κ2) is 6.41. The minimum absolute atomic E-state index is 0.297. The van der Waals surface area contributed by atoms with Gasteiger partial charge in [-0.05, 0) is 24.6 Å². The van der Waals surface area contributed by atoms with E-state index in [0.29, 0.717) is 29.9 Å². The van der Waals surface area contributed by atoms with Gasteiger partial charge in [0.15, 0.2) is 0 Å². The second-order valence-electron chi connectivity index (χ2n) is 4.58. The summed E-state index contributed by atoms with van der Waals surface area (Å²) in [5.74, 6) is 0. The van der Waals surface area contributed by atoms with Crippen molar-refractivity contribution >= 4 is 28.7 Å². The lowest BCUT2D eigenvalue weighted by molar-refractivity contribution is -0.383. The lowest BCUT2D eigenvalue weighted by atomic mass is 10.1. The summed E-state index contributed by atoms with van der Waals surface area (Å²) in [6, 6.07) is 4.48. The van der Waals surface area contributed by atoms with E-state index in [2.05, 4.69) is 10.3 Å². The van der Waals surface area contributed by atoms with Gasteiger partial charge in [0.25, 0.3) is 5.69 Å². The summed E-state index contributed by atoms with van der Waals surface area (Å²) in [4.78, 5) is 14.4. The number of anilines is 2. The maximum Gasteiger partial charge on any atom is 0.417 e. The Hall–Kier alpha value is -2.35. The van der Waals surface area contributed by atoms with Gasteiger partial charge in [-0.15, -0.1) is 0 Å². The van der Waals surface area contributed by atoms with Crippen molar-refractivity contribution in [2.45, 2.75) is 19.5 Å². The van der Waals surface area contributed by atoms with Gasteiger partial charge in [0.05, 0.1) is 26.9 Å². The highest BCUT2D eigenvalue weighted by molar-refractivity contribution is 6.31. The number of nitrogens with one attached hydrogen (secondary N) is 1. The third-order valence-electron chi connectivity index (χ3n) is 3.08. The summed E-state index contributed by atoms with van der Waals surface area (Å²) >= 11 is 5.53. The number of aryl methyl sites for hydroxylation is 1. The molecule has 0 radical (unpaired) electrons. The molecular formula is C14H11ClF3N3O2. The first kappa shape index (κ1) is 17.0. The Kier molecular flexibility index (Phi) is 4.74. The number of aromatic nitrogens is 1. The fraction of sp³-hybridized carbons (Fsp3) is 0.214. The van der Waals surface area contributed by atoms with E-state index in [1.807, 2.05) is 6.92 Å². The molecule has 122 valence electrons. The number of halogens is 4. The van der Waals surface area contributed by atoms with Gasteiger partial charge < -0.3 is 5.32 Å². The quantitative estimate of drug-likeness (QED) is 0.627. The Bertz CT molecular complexity index is 751. The van der Waals surface area contributed by atoms with Crippen molar-refractivity contribution in [1.29, 1.82) is 0 Å². The molecule has 1 aromatic heterocycles. The van der Waals surface area contributed by atoms with Gasteiger partial charge in [-0.1, -0.05) is 18.5 Å². The lowest BCUT2D eigenvalue weighted by Crippen LogP contribution is -2.08. The monoisotopic (exact) mass is 345 g/mol. The average Bonchev–Trinajstić information content (AvgIpc) is 2.47. The molecule has 0 fully saturated rings. The Morgan fingerprint density at radius 1 is 1.35 bits per heavy atom. The smallest absolute Gasteiger partial charge is 0.348 e. The molecule has 5 nitrogen and oxygen atoms in total. The molecule has 23 heavy (non-hydrogen) atoms. The Labute approximate surface area is 134 Å². The van der Waals surface area contributed by atoms with E-state index in [1.54, 1.807) is 12.1 Å². The molecule has 0 bridgehead atoms. The van der Waals surface area contributed by atoms with Gasteiger partial charge in [-0.3, -0.25) is 15.1 Å². The highest BCUT2D eigenvalue weighted by atomic mass is 35.5. The SMILES string of the molecule is CCc1ncccc1Nc1cc(C(F)(F)F)c(Cl)cc1[N+](=O)[O-]. The van der Waals surface area contributed by atoms with Crippen LogP contribution in [0.4, 0.5) is 30.2 Å². The predicted molar refractivity (Wildman–Crippen MR) is 80.0 cm³/mol. The topological polar surface area (TPSA) is 68.1 Å². The van der Waals surface area contributed by atoms with E-state index in [4.69, 9.17) is 11.6 Å². The fourth-order valence-corrected chi connectivity index (χ4v) is 2.27. The molecule has 0 saturated carbocycles. The zero-order chi connectivity index (χ0) is 17.2. The van der Waals surface area contributed by atoms with Gasteiger partial charge in [0, 0.05) is 12.3 Å². The second-order valence-corrected chi connectivity index (χ2v) is 4.99. The third-order valence-corrected chi connectivity index (χ3v) is 3.39. The van der Waals surface area contributed by atoms with E-state index < -0.39 is 27.4 Å². The zero-order valence-corrected chi connectivity index (χ0v) is 12.6. The number of alkyl halides is 3. The normalized spacial score (nSPS) is 11.3. The van der Waals surface area contributed by atoms with Crippen molar-refractivity contribution in [2.24, 2.45) is 0 Å². The molecule has 0 atom stereocenters. The average molecular weight is 346 g/mol. The minimum atomic E-state index is -4.72. The summed E-state index contributed by atoms with van der Waals surface area (Å²) in [6.07, 6.45) is -2.68. The lowest BCUT2D eigenvalue weighted by Gasteiger charge is -2.14. The molecule has 1 heterocycles. The number of hydrogen-bond acceptors (Lipinski definition) is 4. The molecule has 0 aliphatic rings. The summed E-state index contributed by atoms with van der Waals surface area (Å²) in [7, 11) is 0. The molecule has 0 spiro atoms. The van der Waals surface area contributed by atoms with Gasteiger partial charge in [-0.25, -0.2) is 0 Å². The first-order chi connectivity index (χ1) is 10.7. The standard InChI is InChI=1S/C14H11ClF3N3O2/c1-2-10-11(4-3-5-19-10)20-12-6-8(14(16,17)18)9(15)7-13(12)21(22)23/h3-7,20H,2H2,1H3. The number of rotatable bonds is 4. The van der Waals surface area contributed by atoms with E-state index in [9.17, 15) is 23.3 Å². The first-order valence-corrected chi connectivity index (χ1v) is 6.88. The Morgan fingerprint density at radius 3 is 2.61 bits per heavy atom. The van der Waals surface area contributed by atoms with Crippen LogP contribution in [0.1, 0.15) is 18.2 Å². The van der Waals surface area contributed by atoms with Gasteiger partial charge in [0.2, 0.25) is 0 Å². The van der Waals surface area contributed by atoms with Crippen LogP contribution in [-0.4, -0.2) is 9.91 Å². The third kappa shape index (κ3) is 3.70. The zero-order valence-electron chi connectivity index (χ0n) is 11.8. The van der Waals surface area contributed by atoms with Crippen molar-refractivity contribution in [3.63, 3.8) is 0 Å².